The summed E-state index contributed by atoms with van der Waals surface area (Å²) >= 11 is 0. The molecule has 0 atom stereocenters. The first-order valence-electron chi connectivity index (χ1n) is 7.35. The maximum absolute atomic E-state index is 12.3. The Kier molecular flexibility index (Phi) is 5.28. The molecule has 1 heterocycles. The average Bonchev–Trinajstić information content (AvgIpc) is 2.54. The fraction of sp³-hybridized carbons (Fsp3) is 0.533. The summed E-state index contributed by atoms with van der Waals surface area (Å²) in [6.45, 7) is 1.20. The second-order valence-corrected chi connectivity index (χ2v) is 7.83. The third-order valence-electron chi connectivity index (χ3n) is 3.96. The minimum absolute atomic E-state index is 0.0451. The van der Waals surface area contributed by atoms with Crippen LogP contribution in [0.2, 0.25) is 0 Å². The highest BCUT2D eigenvalue weighted by Crippen LogP contribution is 2.28. The van der Waals surface area contributed by atoms with Crippen LogP contribution in [0.15, 0.2) is 23.1 Å². The molecule has 1 aromatic rings. The zero-order valence-electron chi connectivity index (χ0n) is 13.5. The number of esters is 1. The second-order valence-electron chi connectivity index (χ2n) is 5.68. The molecule has 1 aliphatic rings. The summed E-state index contributed by atoms with van der Waals surface area (Å²) in [6, 6.07) is 4.46. The van der Waals surface area contributed by atoms with E-state index in [9.17, 15) is 18.3 Å². The van der Waals surface area contributed by atoms with Crippen molar-refractivity contribution in [3.63, 3.8) is 0 Å². The van der Waals surface area contributed by atoms with E-state index in [1.807, 2.05) is 4.90 Å². The van der Waals surface area contributed by atoms with Crippen molar-refractivity contribution < 1.29 is 23.1 Å². The number of nitrogens with zero attached hydrogens (tertiary/aromatic N) is 2. The lowest BCUT2D eigenvalue weighted by molar-refractivity contribution is 0.0601. The maximum Gasteiger partial charge on any atom is 0.340 e. The Hall–Kier alpha value is -1.64. The van der Waals surface area contributed by atoms with Gasteiger partial charge in [-0.15, -0.1) is 0 Å². The molecule has 1 N–H and O–H groups in total. The van der Waals surface area contributed by atoms with E-state index in [4.69, 9.17) is 4.74 Å². The number of aliphatic hydroxyl groups excluding tert-OH is 1. The van der Waals surface area contributed by atoms with Gasteiger partial charge in [-0.2, -0.15) is 0 Å². The molecule has 1 aromatic carbocycles. The van der Waals surface area contributed by atoms with E-state index in [0.29, 0.717) is 31.6 Å². The Morgan fingerprint density at radius 3 is 2.43 bits per heavy atom. The fourth-order valence-electron chi connectivity index (χ4n) is 2.54. The van der Waals surface area contributed by atoms with Crippen molar-refractivity contribution in [2.45, 2.75) is 23.8 Å². The molecule has 0 amide bonds. The monoisotopic (exact) mass is 342 g/mol. The Morgan fingerprint density at radius 2 is 1.91 bits per heavy atom. The van der Waals surface area contributed by atoms with Gasteiger partial charge in [0, 0.05) is 27.2 Å². The molecule has 0 aromatic heterocycles. The van der Waals surface area contributed by atoms with E-state index in [1.54, 1.807) is 6.07 Å². The van der Waals surface area contributed by atoms with Gasteiger partial charge in [0.1, 0.15) is 0 Å². The van der Waals surface area contributed by atoms with Gasteiger partial charge >= 0.3 is 5.97 Å². The third kappa shape index (κ3) is 3.65. The molecule has 0 aliphatic carbocycles. The smallest absolute Gasteiger partial charge is 0.340 e. The molecule has 1 saturated heterocycles. The fourth-order valence-corrected chi connectivity index (χ4v) is 3.47. The standard InChI is InChI=1S/C15H22N2O5S/c1-16(2)23(20,21)12-4-5-14(13(10-12)15(19)22-3)17-8-6-11(18)7-9-17/h4-5,10-11,18H,6-9H2,1-3H3. The number of benzene rings is 1. The lowest BCUT2D eigenvalue weighted by atomic mass is 10.1. The van der Waals surface area contributed by atoms with E-state index in [1.165, 1.54) is 33.3 Å². The van der Waals surface area contributed by atoms with E-state index >= 15 is 0 Å². The number of methoxy groups -OCH3 is 1. The van der Waals surface area contributed by atoms with E-state index in [2.05, 4.69) is 0 Å². The van der Waals surface area contributed by atoms with Gasteiger partial charge < -0.3 is 14.7 Å². The van der Waals surface area contributed by atoms with Crippen LogP contribution in [-0.2, 0) is 14.8 Å². The third-order valence-corrected chi connectivity index (χ3v) is 5.77. The van der Waals surface area contributed by atoms with Crippen LogP contribution >= 0.6 is 0 Å². The number of ether oxygens (including phenoxy) is 1. The van der Waals surface area contributed by atoms with Gasteiger partial charge in [0.15, 0.2) is 0 Å². The summed E-state index contributed by atoms with van der Waals surface area (Å²) in [4.78, 5) is 14.1. The molecule has 0 spiro atoms. The first kappa shape index (κ1) is 17.7. The highest BCUT2D eigenvalue weighted by atomic mass is 32.2. The van der Waals surface area contributed by atoms with Crippen LogP contribution in [0.3, 0.4) is 0 Å². The van der Waals surface area contributed by atoms with Crippen LogP contribution in [-0.4, -0.2) is 64.2 Å². The molecule has 1 aliphatic heterocycles. The molecule has 0 unspecified atom stereocenters. The number of sulfonamides is 1. The first-order chi connectivity index (χ1) is 10.8. The van der Waals surface area contributed by atoms with Gasteiger partial charge in [-0.05, 0) is 31.0 Å². The number of carbonyl (C=O) groups excluding carboxylic acids is 1. The Morgan fingerprint density at radius 1 is 1.30 bits per heavy atom. The summed E-state index contributed by atoms with van der Waals surface area (Å²) in [5.41, 5.74) is 0.841. The number of hydrogen-bond acceptors (Lipinski definition) is 6. The van der Waals surface area contributed by atoms with Gasteiger partial charge in [-0.25, -0.2) is 17.5 Å². The van der Waals surface area contributed by atoms with E-state index in [0.717, 1.165) is 4.31 Å². The molecular formula is C15H22N2O5S. The quantitative estimate of drug-likeness (QED) is 0.810. The molecule has 8 heteroatoms. The van der Waals surface area contributed by atoms with Crippen molar-refractivity contribution in [3.8, 4) is 0 Å². The average molecular weight is 342 g/mol. The molecule has 0 saturated carbocycles. The first-order valence-corrected chi connectivity index (χ1v) is 8.79. The molecule has 128 valence electrons. The summed E-state index contributed by atoms with van der Waals surface area (Å²) in [7, 11) is 0.508. The van der Waals surface area contributed by atoms with Gasteiger partial charge in [-0.1, -0.05) is 0 Å². The van der Waals surface area contributed by atoms with Crippen LogP contribution in [0.1, 0.15) is 23.2 Å². The normalized spacial score (nSPS) is 16.7. The van der Waals surface area contributed by atoms with Crippen molar-refractivity contribution in [3.05, 3.63) is 23.8 Å². The van der Waals surface area contributed by atoms with Crippen LogP contribution in [0, 0.1) is 0 Å². The highest BCUT2D eigenvalue weighted by Gasteiger charge is 2.25. The van der Waals surface area contributed by atoms with Gasteiger partial charge in [0.05, 0.1) is 29.4 Å². The van der Waals surface area contributed by atoms with Gasteiger partial charge in [0.2, 0.25) is 10.0 Å². The Labute approximate surface area is 136 Å². The number of hydrogen-bond donors (Lipinski definition) is 1. The van der Waals surface area contributed by atoms with Crippen LogP contribution in [0.5, 0.6) is 0 Å². The number of rotatable bonds is 4. The topological polar surface area (TPSA) is 87.2 Å². The van der Waals surface area contributed by atoms with Crippen LogP contribution < -0.4 is 4.90 Å². The molecule has 23 heavy (non-hydrogen) atoms. The van der Waals surface area contributed by atoms with Crippen LogP contribution in [0.25, 0.3) is 0 Å². The number of piperidine rings is 1. The van der Waals surface area contributed by atoms with Crippen molar-refractivity contribution >= 4 is 21.7 Å². The number of anilines is 1. The summed E-state index contributed by atoms with van der Waals surface area (Å²) in [6.07, 6.45) is 0.887. The number of carbonyl (C=O) groups is 1. The molecule has 7 nitrogen and oxygen atoms in total. The minimum Gasteiger partial charge on any atom is -0.465 e. The molecule has 0 bridgehead atoms. The van der Waals surface area contributed by atoms with Crippen molar-refractivity contribution in [1.29, 1.82) is 0 Å². The van der Waals surface area contributed by atoms with Crippen molar-refractivity contribution in [1.82, 2.24) is 4.31 Å². The second kappa shape index (κ2) is 6.86. The minimum atomic E-state index is -3.63. The summed E-state index contributed by atoms with van der Waals surface area (Å²) in [5, 5.41) is 9.61. The summed E-state index contributed by atoms with van der Waals surface area (Å²) in [5.74, 6) is -0.582. The van der Waals surface area contributed by atoms with Crippen molar-refractivity contribution in [2.75, 3.05) is 39.2 Å². The van der Waals surface area contributed by atoms with Crippen LogP contribution in [0.4, 0.5) is 5.69 Å². The van der Waals surface area contributed by atoms with Gasteiger partial charge in [0.25, 0.3) is 0 Å². The largest absolute Gasteiger partial charge is 0.465 e. The SMILES string of the molecule is COC(=O)c1cc(S(=O)(=O)N(C)C)ccc1N1CCC(O)CC1. The Bertz CT molecular complexity index is 679. The van der Waals surface area contributed by atoms with E-state index in [-0.39, 0.29) is 16.6 Å². The maximum atomic E-state index is 12.3. The van der Waals surface area contributed by atoms with Crippen molar-refractivity contribution in [2.24, 2.45) is 0 Å². The zero-order valence-corrected chi connectivity index (χ0v) is 14.3. The van der Waals surface area contributed by atoms with Gasteiger partial charge in [-0.3, -0.25) is 0 Å². The Balaban J connectivity index is 2.46. The summed E-state index contributed by atoms with van der Waals surface area (Å²) < 4.78 is 30.4. The molecule has 1 fully saturated rings. The van der Waals surface area contributed by atoms with E-state index < -0.39 is 16.0 Å². The molecule has 0 radical (unpaired) electrons. The molecular weight excluding hydrogens is 320 g/mol. The predicted octanol–water partition coefficient (Wildman–Crippen LogP) is 0.685. The lowest BCUT2D eigenvalue weighted by Gasteiger charge is -2.32. The molecule has 2 rings (SSSR count). The predicted molar refractivity (Wildman–Crippen MR) is 86.1 cm³/mol. The lowest BCUT2D eigenvalue weighted by Crippen LogP contribution is -2.36. The number of aliphatic hydroxyl groups is 1. The highest BCUT2D eigenvalue weighted by molar-refractivity contribution is 7.89. The zero-order chi connectivity index (χ0) is 17.2.